The number of aromatic nitrogens is 1. The average molecular weight is 284 g/mol. The summed E-state index contributed by atoms with van der Waals surface area (Å²) in [5.41, 5.74) is 2.06. The summed E-state index contributed by atoms with van der Waals surface area (Å²) in [7, 11) is 1.67. The van der Waals surface area contributed by atoms with E-state index in [1.165, 1.54) is 0 Å². The summed E-state index contributed by atoms with van der Waals surface area (Å²) < 4.78 is 6.37. The molecule has 2 rings (SSSR count). The third-order valence-electron chi connectivity index (χ3n) is 2.08. The maximum absolute atomic E-state index is 5.30. The Kier molecular flexibility index (Phi) is 3.07. The first-order valence-electron chi connectivity index (χ1n) is 4.48. The fraction of sp³-hybridized carbons (Fsp3) is 0.182. The monoisotopic (exact) mass is 283 g/mol. The maximum atomic E-state index is 5.30. The minimum absolute atomic E-state index is 0.860. The van der Waals surface area contributed by atoms with Crippen LogP contribution in [0.2, 0.25) is 0 Å². The first-order valence-corrected chi connectivity index (χ1v) is 6.09. The van der Waals surface area contributed by atoms with Crippen LogP contribution in [0.3, 0.4) is 0 Å². The van der Waals surface area contributed by atoms with Crippen molar-refractivity contribution in [2.75, 3.05) is 7.11 Å². The molecule has 0 fully saturated rings. The number of rotatable bonds is 2. The molecule has 0 N–H and O–H groups in total. The third-order valence-corrected chi connectivity index (χ3v) is 4.12. The van der Waals surface area contributed by atoms with Gasteiger partial charge in [0.1, 0.15) is 10.8 Å². The van der Waals surface area contributed by atoms with E-state index in [0.717, 1.165) is 25.8 Å². The maximum Gasteiger partial charge on any atom is 0.129 e. The summed E-state index contributed by atoms with van der Waals surface area (Å²) in [6.45, 7) is 1.99. The van der Waals surface area contributed by atoms with Crippen molar-refractivity contribution >= 4 is 27.3 Å². The first-order chi connectivity index (χ1) is 7.22. The number of para-hydroxylation sites is 1. The molecule has 1 aromatic heterocycles. The van der Waals surface area contributed by atoms with Gasteiger partial charge in [0.05, 0.1) is 22.2 Å². The zero-order chi connectivity index (χ0) is 10.8. The van der Waals surface area contributed by atoms with E-state index in [0.29, 0.717) is 0 Å². The fourth-order valence-corrected chi connectivity index (χ4v) is 2.69. The van der Waals surface area contributed by atoms with E-state index in [1.807, 2.05) is 31.2 Å². The molecule has 0 aliphatic rings. The summed E-state index contributed by atoms with van der Waals surface area (Å²) in [4.78, 5) is 4.48. The number of thiazole rings is 1. The highest BCUT2D eigenvalue weighted by Crippen LogP contribution is 2.36. The molecule has 1 aromatic carbocycles. The molecule has 1 heterocycles. The van der Waals surface area contributed by atoms with E-state index in [2.05, 4.69) is 20.9 Å². The normalized spacial score (nSPS) is 10.3. The lowest BCUT2D eigenvalue weighted by Gasteiger charge is -2.04. The molecule has 78 valence electrons. The summed E-state index contributed by atoms with van der Waals surface area (Å²) in [6.07, 6.45) is 0. The predicted octanol–water partition coefficient (Wildman–Crippen LogP) is 3.89. The van der Waals surface area contributed by atoms with Gasteiger partial charge in [0.25, 0.3) is 0 Å². The lowest BCUT2D eigenvalue weighted by Crippen LogP contribution is -1.86. The first kappa shape index (κ1) is 10.6. The van der Waals surface area contributed by atoms with Crippen molar-refractivity contribution in [3.8, 4) is 16.3 Å². The number of ether oxygens (including phenoxy) is 1. The average Bonchev–Trinajstić information content (AvgIpc) is 2.59. The van der Waals surface area contributed by atoms with Gasteiger partial charge < -0.3 is 4.74 Å². The van der Waals surface area contributed by atoms with Crippen LogP contribution in [0.5, 0.6) is 5.75 Å². The fourth-order valence-electron chi connectivity index (χ4n) is 1.31. The highest BCUT2D eigenvalue weighted by atomic mass is 79.9. The number of aryl methyl sites for hydroxylation is 1. The van der Waals surface area contributed by atoms with Gasteiger partial charge in [-0.1, -0.05) is 12.1 Å². The minimum Gasteiger partial charge on any atom is -0.496 e. The third kappa shape index (κ3) is 2.06. The SMILES string of the molecule is COc1ccccc1-c1nc(C)c(Br)s1. The second-order valence-corrected chi connectivity index (χ2v) is 5.40. The van der Waals surface area contributed by atoms with Gasteiger partial charge in [0, 0.05) is 0 Å². The van der Waals surface area contributed by atoms with Crippen LogP contribution < -0.4 is 4.74 Å². The van der Waals surface area contributed by atoms with Gasteiger partial charge in [-0.3, -0.25) is 0 Å². The van der Waals surface area contributed by atoms with Crippen LogP contribution in [-0.4, -0.2) is 12.1 Å². The van der Waals surface area contributed by atoms with Crippen LogP contribution in [0.25, 0.3) is 10.6 Å². The van der Waals surface area contributed by atoms with Gasteiger partial charge in [-0.15, -0.1) is 11.3 Å². The van der Waals surface area contributed by atoms with Crippen LogP contribution in [-0.2, 0) is 0 Å². The second-order valence-electron chi connectivity index (χ2n) is 3.08. The molecule has 0 atom stereocenters. The summed E-state index contributed by atoms with van der Waals surface area (Å²) in [5, 5.41) is 0.983. The zero-order valence-corrected chi connectivity index (χ0v) is 10.9. The summed E-state index contributed by atoms with van der Waals surface area (Å²) in [6, 6.07) is 7.91. The van der Waals surface area contributed by atoms with Crippen LogP contribution >= 0.6 is 27.3 Å². The van der Waals surface area contributed by atoms with Crippen LogP contribution in [0, 0.1) is 6.92 Å². The van der Waals surface area contributed by atoms with Gasteiger partial charge in [0.15, 0.2) is 0 Å². The molecular formula is C11H10BrNOS. The number of hydrogen-bond acceptors (Lipinski definition) is 3. The van der Waals surface area contributed by atoms with Crippen molar-refractivity contribution < 1.29 is 4.74 Å². The van der Waals surface area contributed by atoms with Crippen LogP contribution in [0.15, 0.2) is 28.1 Å². The molecule has 15 heavy (non-hydrogen) atoms. The Morgan fingerprint density at radius 2 is 2.07 bits per heavy atom. The van der Waals surface area contributed by atoms with E-state index < -0.39 is 0 Å². The Labute approximate surface area is 101 Å². The van der Waals surface area contributed by atoms with Gasteiger partial charge in [-0.25, -0.2) is 4.98 Å². The van der Waals surface area contributed by atoms with Crippen molar-refractivity contribution in [2.45, 2.75) is 6.92 Å². The molecular weight excluding hydrogens is 274 g/mol. The van der Waals surface area contributed by atoms with Crippen molar-refractivity contribution in [3.05, 3.63) is 33.7 Å². The van der Waals surface area contributed by atoms with Crippen molar-refractivity contribution in [1.82, 2.24) is 4.98 Å². The summed E-state index contributed by atoms with van der Waals surface area (Å²) >= 11 is 5.10. The van der Waals surface area contributed by atoms with Crippen molar-refractivity contribution in [3.63, 3.8) is 0 Å². The topological polar surface area (TPSA) is 22.1 Å². The van der Waals surface area contributed by atoms with E-state index >= 15 is 0 Å². The van der Waals surface area contributed by atoms with E-state index in [-0.39, 0.29) is 0 Å². The molecule has 2 nitrogen and oxygen atoms in total. The molecule has 0 aliphatic carbocycles. The van der Waals surface area contributed by atoms with Gasteiger partial charge in [-0.2, -0.15) is 0 Å². The second kappa shape index (κ2) is 4.33. The van der Waals surface area contributed by atoms with E-state index in [1.54, 1.807) is 18.4 Å². The van der Waals surface area contributed by atoms with Gasteiger partial charge in [-0.05, 0) is 35.0 Å². The quantitative estimate of drug-likeness (QED) is 0.834. The highest BCUT2D eigenvalue weighted by molar-refractivity contribution is 9.11. The Morgan fingerprint density at radius 3 is 2.67 bits per heavy atom. The molecule has 0 aliphatic heterocycles. The highest BCUT2D eigenvalue weighted by Gasteiger charge is 2.10. The number of hydrogen-bond donors (Lipinski definition) is 0. The molecule has 0 saturated carbocycles. The smallest absolute Gasteiger partial charge is 0.129 e. The van der Waals surface area contributed by atoms with Crippen molar-refractivity contribution in [1.29, 1.82) is 0 Å². The number of nitrogens with zero attached hydrogens (tertiary/aromatic N) is 1. The Bertz CT molecular complexity index is 462. The Morgan fingerprint density at radius 1 is 1.33 bits per heavy atom. The Balaban J connectivity index is 2.53. The molecule has 0 amide bonds. The predicted molar refractivity (Wildman–Crippen MR) is 66.5 cm³/mol. The standard InChI is InChI=1S/C11H10BrNOS/c1-7-10(12)15-11(13-7)8-5-3-4-6-9(8)14-2/h3-6H,1-2H3. The van der Waals surface area contributed by atoms with Crippen LogP contribution in [0.1, 0.15) is 5.69 Å². The minimum atomic E-state index is 0.860. The lowest BCUT2D eigenvalue weighted by molar-refractivity contribution is 0.416. The lowest BCUT2D eigenvalue weighted by atomic mass is 10.2. The Hall–Kier alpha value is -0.870. The molecule has 2 aromatic rings. The number of benzene rings is 1. The number of halogens is 1. The van der Waals surface area contributed by atoms with Crippen molar-refractivity contribution in [2.24, 2.45) is 0 Å². The summed E-state index contributed by atoms with van der Waals surface area (Å²) in [5.74, 6) is 0.860. The molecule has 4 heteroatoms. The van der Waals surface area contributed by atoms with Gasteiger partial charge in [0.2, 0.25) is 0 Å². The van der Waals surface area contributed by atoms with Crippen LogP contribution in [0.4, 0.5) is 0 Å². The molecule has 0 radical (unpaired) electrons. The molecule has 0 unspecified atom stereocenters. The number of methoxy groups -OCH3 is 1. The zero-order valence-electron chi connectivity index (χ0n) is 8.45. The molecule has 0 spiro atoms. The van der Waals surface area contributed by atoms with Gasteiger partial charge >= 0.3 is 0 Å². The molecule has 0 saturated heterocycles. The van der Waals surface area contributed by atoms with E-state index in [9.17, 15) is 0 Å². The van der Waals surface area contributed by atoms with E-state index in [4.69, 9.17) is 4.74 Å². The largest absolute Gasteiger partial charge is 0.496 e. The molecule has 0 bridgehead atoms.